The second-order valence-corrected chi connectivity index (χ2v) is 10.7. The van der Waals surface area contributed by atoms with Crippen molar-refractivity contribution in [3.8, 4) is 11.5 Å². The summed E-state index contributed by atoms with van der Waals surface area (Å²) in [5.74, 6) is -0.808. The van der Waals surface area contributed by atoms with Crippen molar-refractivity contribution in [2.24, 2.45) is 17.8 Å². The van der Waals surface area contributed by atoms with Crippen LogP contribution in [-0.2, 0) is 35.1 Å². The van der Waals surface area contributed by atoms with Crippen molar-refractivity contribution in [2.45, 2.75) is 92.5 Å². The van der Waals surface area contributed by atoms with Gasteiger partial charge in [-0.15, -0.1) is 0 Å². The van der Waals surface area contributed by atoms with Crippen LogP contribution in [0.25, 0.3) is 0 Å². The van der Waals surface area contributed by atoms with E-state index >= 15 is 0 Å². The van der Waals surface area contributed by atoms with E-state index in [0.29, 0.717) is 30.2 Å². The van der Waals surface area contributed by atoms with Gasteiger partial charge in [0.1, 0.15) is 12.6 Å². The van der Waals surface area contributed by atoms with Crippen LogP contribution in [0.5, 0.6) is 11.5 Å². The highest BCUT2D eigenvalue weighted by molar-refractivity contribution is 5.77. The molecule has 39 heavy (non-hydrogen) atoms. The summed E-state index contributed by atoms with van der Waals surface area (Å²) >= 11 is 0. The van der Waals surface area contributed by atoms with Gasteiger partial charge in [0.25, 0.3) is 0 Å². The van der Waals surface area contributed by atoms with Crippen LogP contribution in [0.4, 0.5) is 0 Å². The quantitative estimate of drug-likeness (QED) is 0.153. The lowest BCUT2D eigenvalue weighted by atomic mass is 10.0. The van der Waals surface area contributed by atoms with E-state index in [1.807, 2.05) is 41.5 Å². The predicted molar refractivity (Wildman–Crippen MR) is 148 cm³/mol. The summed E-state index contributed by atoms with van der Waals surface area (Å²) in [5.41, 5.74) is 0.667. The van der Waals surface area contributed by atoms with E-state index in [2.05, 4.69) is 5.32 Å². The molecule has 0 aliphatic rings. The number of hydrogen-bond acceptors (Lipinski definition) is 9. The first-order valence-corrected chi connectivity index (χ1v) is 14.0. The Labute approximate surface area is 233 Å². The third-order valence-corrected chi connectivity index (χ3v) is 6.09. The standard InChI is InChI=1S/C30H47NO8/c1-8-9-22(6)29(34)37-17-16-31-24(30(35)36-7)18-23-12-13-25(38-27(32)14-10-20(2)3)26(19-23)39-28(33)15-11-21(4)5/h12-13,19-22,24,31H,8-11,14-18H2,1-7H3/t22?,24-/m0/s1. The molecular weight excluding hydrogens is 502 g/mol. The maximum atomic E-state index is 12.5. The fourth-order valence-electron chi connectivity index (χ4n) is 3.70. The van der Waals surface area contributed by atoms with Crippen molar-refractivity contribution < 1.29 is 38.1 Å². The van der Waals surface area contributed by atoms with Crippen LogP contribution in [0.1, 0.15) is 85.6 Å². The number of carbonyl (C=O) groups excluding carboxylic acids is 4. The average molecular weight is 550 g/mol. The SMILES string of the molecule is CCCC(C)C(=O)OCCN[C@@H](Cc1ccc(OC(=O)CCC(C)C)c(OC(=O)CCC(C)C)c1)C(=O)OC. The predicted octanol–water partition coefficient (Wildman–Crippen LogP) is 5.02. The number of nitrogens with one attached hydrogen (secondary N) is 1. The molecule has 1 aromatic rings. The van der Waals surface area contributed by atoms with Gasteiger partial charge in [-0.3, -0.25) is 19.2 Å². The molecule has 0 saturated carbocycles. The second-order valence-electron chi connectivity index (χ2n) is 10.7. The van der Waals surface area contributed by atoms with Crippen LogP contribution in [-0.4, -0.2) is 50.2 Å². The minimum atomic E-state index is -0.731. The number of methoxy groups -OCH3 is 1. The molecule has 1 N–H and O–H groups in total. The van der Waals surface area contributed by atoms with E-state index in [1.54, 1.807) is 18.2 Å². The molecule has 0 aliphatic carbocycles. The van der Waals surface area contributed by atoms with E-state index in [-0.39, 0.29) is 55.8 Å². The Hall–Kier alpha value is -2.94. The third-order valence-electron chi connectivity index (χ3n) is 6.09. The van der Waals surface area contributed by atoms with Gasteiger partial charge in [0.05, 0.1) is 13.0 Å². The Balaban J connectivity index is 2.98. The number of ether oxygens (including phenoxy) is 4. The first-order chi connectivity index (χ1) is 18.5. The monoisotopic (exact) mass is 549 g/mol. The van der Waals surface area contributed by atoms with Crippen molar-refractivity contribution in [2.75, 3.05) is 20.3 Å². The summed E-state index contributed by atoms with van der Waals surface area (Å²) in [6.45, 7) is 12.3. The highest BCUT2D eigenvalue weighted by atomic mass is 16.6. The van der Waals surface area contributed by atoms with Crippen LogP contribution in [0.3, 0.4) is 0 Å². The van der Waals surface area contributed by atoms with Crippen LogP contribution in [0.2, 0.25) is 0 Å². The first-order valence-electron chi connectivity index (χ1n) is 14.0. The lowest BCUT2D eigenvalue weighted by Crippen LogP contribution is -2.41. The highest BCUT2D eigenvalue weighted by Gasteiger charge is 2.22. The van der Waals surface area contributed by atoms with Crippen LogP contribution in [0.15, 0.2) is 18.2 Å². The molecule has 0 radical (unpaired) electrons. The van der Waals surface area contributed by atoms with Gasteiger partial charge >= 0.3 is 23.9 Å². The van der Waals surface area contributed by atoms with E-state index in [1.165, 1.54) is 7.11 Å². The summed E-state index contributed by atoms with van der Waals surface area (Å²) in [5, 5.41) is 3.07. The molecular formula is C30H47NO8. The molecule has 0 aliphatic heterocycles. The van der Waals surface area contributed by atoms with Crippen LogP contribution >= 0.6 is 0 Å². The topological polar surface area (TPSA) is 117 Å². The van der Waals surface area contributed by atoms with Gasteiger partial charge in [-0.2, -0.15) is 0 Å². The molecule has 1 aromatic carbocycles. The Morgan fingerprint density at radius 2 is 1.41 bits per heavy atom. The molecule has 0 bridgehead atoms. The lowest BCUT2D eigenvalue weighted by Gasteiger charge is -2.18. The normalized spacial score (nSPS) is 12.6. The zero-order valence-corrected chi connectivity index (χ0v) is 24.7. The van der Waals surface area contributed by atoms with Gasteiger partial charge in [0.2, 0.25) is 0 Å². The van der Waals surface area contributed by atoms with Gasteiger partial charge in [0.15, 0.2) is 11.5 Å². The first kappa shape index (κ1) is 34.1. The molecule has 0 amide bonds. The highest BCUT2D eigenvalue weighted by Crippen LogP contribution is 2.30. The molecule has 9 nitrogen and oxygen atoms in total. The largest absolute Gasteiger partial charge is 0.468 e. The molecule has 1 unspecified atom stereocenters. The lowest BCUT2D eigenvalue weighted by molar-refractivity contribution is -0.148. The Morgan fingerprint density at radius 1 is 0.821 bits per heavy atom. The van der Waals surface area contributed by atoms with Gasteiger partial charge in [-0.1, -0.05) is 54.0 Å². The summed E-state index contributed by atoms with van der Waals surface area (Å²) in [6, 6.07) is 4.15. The molecule has 0 fully saturated rings. The maximum Gasteiger partial charge on any atom is 0.323 e. The number of carbonyl (C=O) groups is 4. The van der Waals surface area contributed by atoms with Gasteiger partial charge < -0.3 is 24.3 Å². The van der Waals surface area contributed by atoms with E-state index in [0.717, 1.165) is 12.8 Å². The fraction of sp³-hybridized carbons (Fsp3) is 0.667. The molecule has 220 valence electrons. The smallest absolute Gasteiger partial charge is 0.323 e. The van der Waals surface area contributed by atoms with E-state index in [9.17, 15) is 19.2 Å². The molecule has 1 rings (SSSR count). The van der Waals surface area contributed by atoms with Gasteiger partial charge in [0, 0.05) is 19.4 Å². The molecule has 0 heterocycles. The Kier molecular flexibility index (Phi) is 16.1. The van der Waals surface area contributed by atoms with Gasteiger partial charge in [-0.05, 0) is 55.2 Å². The zero-order chi connectivity index (χ0) is 29.4. The van der Waals surface area contributed by atoms with Crippen molar-refractivity contribution in [1.29, 1.82) is 0 Å². The minimum absolute atomic E-state index is 0.115. The molecule has 0 spiro atoms. The van der Waals surface area contributed by atoms with E-state index in [4.69, 9.17) is 18.9 Å². The number of esters is 4. The molecule has 0 saturated heterocycles. The van der Waals surface area contributed by atoms with Crippen molar-refractivity contribution >= 4 is 23.9 Å². The van der Waals surface area contributed by atoms with Crippen molar-refractivity contribution in [3.63, 3.8) is 0 Å². The summed E-state index contributed by atoms with van der Waals surface area (Å²) in [7, 11) is 1.30. The van der Waals surface area contributed by atoms with Crippen LogP contribution in [0, 0.1) is 17.8 Å². The average Bonchev–Trinajstić information content (AvgIpc) is 2.88. The second kappa shape index (κ2) is 18.4. The molecule has 9 heteroatoms. The maximum absolute atomic E-state index is 12.5. The van der Waals surface area contributed by atoms with Gasteiger partial charge in [-0.25, -0.2) is 0 Å². The number of rotatable bonds is 18. The Morgan fingerprint density at radius 3 is 1.95 bits per heavy atom. The zero-order valence-electron chi connectivity index (χ0n) is 24.7. The summed E-state index contributed by atoms with van der Waals surface area (Å²) < 4.78 is 21.3. The molecule has 0 aromatic heterocycles. The summed E-state index contributed by atoms with van der Waals surface area (Å²) in [4.78, 5) is 49.3. The third kappa shape index (κ3) is 14.1. The number of hydrogen-bond donors (Lipinski definition) is 1. The molecule has 2 atom stereocenters. The minimum Gasteiger partial charge on any atom is -0.468 e. The van der Waals surface area contributed by atoms with Crippen LogP contribution < -0.4 is 14.8 Å². The van der Waals surface area contributed by atoms with E-state index < -0.39 is 23.9 Å². The summed E-state index contributed by atoms with van der Waals surface area (Å²) in [6.07, 6.45) is 3.68. The fourth-order valence-corrected chi connectivity index (χ4v) is 3.70. The van der Waals surface area contributed by atoms with Crippen molar-refractivity contribution in [3.05, 3.63) is 23.8 Å². The Bertz CT molecular complexity index is 928. The number of benzene rings is 1. The van der Waals surface area contributed by atoms with Crippen molar-refractivity contribution in [1.82, 2.24) is 5.32 Å².